The highest BCUT2D eigenvalue weighted by Gasteiger charge is 2.12. The number of rotatable bonds is 5. The smallest absolute Gasteiger partial charge is 0.254 e. The average molecular weight is 341 g/mol. The first-order valence-corrected chi connectivity index (χ1v) is 8.14. The van der Waals surface area contributed by atoms with E-state index in [1.165, 1.54) is 6.33 Å². The molecule has 1 aliphatic rings. The average Bonchev–Trinajstić information content (AvgIpc) is 2.97. The fraction of sp³-hybridized carbons (Fsp3) is 0.353. The first-order chi connectivity index (χ1) is 12.3. The second-order valence-electron chi connectivity index (χ2n) is 5.72. The van der Waals surface area contributed by atoms with Crippen molar-refractivity contribution in [3.63, 3.8) is 0 Å². The molecule has 0 saturated carbocycles. The first kappa shape index (κ1) is 15.6. The molecule has 130 valence electrons. The summed E-state index contributed by atoms with van der Waals surface area (Å²) in [6.45, 7) is 2.40. The predicted octanol–water partition coefficient (Wildman–Crippen LogP) is 2.04. The van der Waals surface area contributed by atoms with Crippen LogP contribution >= 0.6 is 0 Å². The highest BCUT2D eigenvalue weighted by atomic mass is 16.5. The van der Waals surface area contributed by atoms with E-state index in [2.05, 4.69) is 20.4 Å². The molecule has 0 spiro atoms. The summed E-state index contributed by atoms with van der Waals surface area (Å²) in [5.41, 5.74) is 1.88. The molecule has 1 aliphatic heterocycles. The Morgan fingerprint density at radius 1 is 1.20 bits per heavy atom. The van der Waals surface area contributed by atoms with Gasteiger partial charge in [-0.2, -0.15) is 14.6 Å². The van der Waals surface area contributed by atoms with Crippen molar-refractivity contribution in [1.82, 2.24) is 19.6 Å². The molecule has 3 heterocycles. The molecular weight excluding hydrogens is 322 g/mol. The Bertz CT molecular complexity index is 880. The van der Waals surface area contributed by atoms with Crippen LogP contribution in [0.2, 0.25) is 0 Å². The monoisotopic (exact) mass is 341 g/mol. The Kier molecular flexibility index (Phi) is 4.34. The molecule has 1 aromatic carbocycles. The van der Waals surface area contributed by atoms with Crippen LogP contribution in [-0.4, -0.2) is 39.9 Å². The lowest BCUT2D eigenvalue weighted by molar-refractivity contribution is 0.181. The minimum absolute atomic E-state index is 0.419. The van der Waals surface area contributed by atoms with Crippen LogP contribution < -0.4 is 14.8 Å². The van der Waals surface area contributed by atoms with Crippen molar-refractivity contribution in [3.05, 3.63) is 41.9 Å². The molecule has 0 bridgehead atoms. The van der Waals surface area contributed by atoms with Gasteiger partial charge < -0.3 is 19.5 Å². The molecule has 25 heavy (non-hydrogen) atoms. The Morgan fingerprint density at radius 2 is 2.08 bits per heavy atom. The van der Waals surface area contributed by atoms with Crippen LogP contribution in [0.25, 0.3) is 5.78 Å². The van der Waals surface area contributed by atoms with Gasteiger partial charge in [0.2, 0.25) is 0 Å². The quantitative estimate of drug-likeness (QED) is 0.760. The molecule has 0 atom stereocenters. The van der Waals surface area contributed by atoms with E-state index in [-0.39, 0.29) is 0 Å². The summed E-state index contributed by atoms with van der Waals surface area (Å²) in [5.74, 6) is 2.93. The van der Waals surface area contributed by atoms with Gasteiger partial charge in [0.15, 0.2) is 11.5 Å². The van der Waals surface area contributed by atoms with E-state index in [1.807, 2.05) is 24.3 Å². The lowest BCUT2D eigenvalue weighted by Gasteiger charge is -2.12. The van der Waals surface area contributed by atoms with Gasteiger partial charge in [-0.25, -0.2) is 4.98 Å². The van der Waals surface area contributed by atoms with Gasteiger partial charge in [-0.15, -0.1) is 0 Å². The molecule has 0 aliphatic carbocycles. The zero-order chi connectivity index (χ0) is 17.1. The van der Waals surface area contributed by atoms with Crippen LogP contribution in [0.1, 0.15) is 17.7 Å². The fourth-order valence-corrected chi connectivity index (χ4v) is 2.72. The van der Waals surface area contributed by atoms with Gasteiger partial charge in [0.25, 0.3) is 5.78 Å². The summed E-state index contributed by atoms with van der Waals surface area (Å²) in [6, 6.07) is 7.89. The van der Waals surface area contributed by atoms with Crippen molar-refractivity contribution >= 4 is 11.6 Å². The zero-order valence-electron chi connectivity index (χ0n) is 13.9. The molecule has 3 aromatic rings. The van der Waals surface area contributed by atoms with E-state index in [9.17, 15) is 0 Å². The van der Waals surface area contributed by atoms with Gasteiger partial charge in [0.1, 0.15) is 12.1 Å². The number of nitrogens with zero attached hydrogens (tertiary/aromatic N) is 4. The van der Waals surface area contributed by atoms with Crippen molar-refractivity contribution in [2.45, 2.75) is 19.6 Å². The number of anilines is 1. The summed E-state index contributed by atoms with van der Waals surface area (Å²) in [4.78, 5) is 8.55. The molecule has 1 N–H and O–H groups in total. The van der Waals surface area contributed by atoms with Crippen LogP contribution in [0.4, 0.5) is 5.82 Å². The Hall–Kier alpha value is -2.87. The van der Waals surface area contributed by atoms with Gasteiger partial charge in [0.05, 0.1) is 25.5 Å². The summed E-state index contributed by atoms with van der Waals surface area (Å²) in [6.07, 6.45) is 2.38. The normalized spacial score (nSPS) is 13.6. The van der Waals surface area contributed by atoms with E-state index in [4.69, 9.17) is 14.2 Å². The van der Waals surface area contributed by atoms with Crippen LogP contribution in [-0.2, 0) is 17.9 Å². The molecule has 8 heteroatoms. The Morgan fingerprint density at radius 3 is 2.96 bits per heavy atom. The highest BCUT2D eigenvalue weighted by molar-refractivity contribution is 5.47. The molecule has 4 rings (SSSR count). The van der Waals surface area contributed by atoms with Gasteiger partial charge in [-0.05, 0) is 17.7 Å². The SMILES string of the molecule is COCc1cc(NCc2ccc3c(c2)OCCCO3)n2ncnc2n1. The van der Waals surface area contributed by atoms with Crippen molar-refractivity contribution < 1.29 is 14.2 Å². The number of fused-ring (bicyclic) bond motifs is 2. The molecule has 2 aromatic heterocycles. The third-order valence-electron chi connectivity index (χ3n) is 3.88. The van der Waals surface area contributed by atoms with Gasteiger partial charge >= 0.3 is 0 Å². The van der Waals surface area contributed by atoms with E-state index < -0.39 is 0 Å². The number of ether oxygens (including phenoxy) is 3. The molecule has 0 saturated heterocycles. The van der Waals surface area contributed by atoms with Crippen LogP contribution in [0.3, 0.4) is 0 Å². The number of methoxy groups -OCH3 is 1. The topological polar surface area (TPSA) is 82.8 Å². The number of nitrogens with one attached hydrogen (secondary N) is 1. The Balaban J connectivity index is 1.56. The van der Waals surface area contributed by atoms with Crippen LogP contribution in [0.15, 0.2) is 30.6 Å². The zero-order valence-corrected chi connectivity index (χ0v) is 13.9. The molecule has 0 radical (unpaired) electrons. The molecular formula is C17H19N5O3. The standard InChI is InChI=1S/C17H19N5O3/c1-23-10-13-8-16(22-17(21-13)19-11-20-22)18-9-12-3-4-14-15(7-12)25-6-2-5-24-14/h3-4,7-8,11,18H,2,5-6,9-10H2,1H3. The molecule has 0 unspecified atom stereocenters. The Labute approximate surface area is 144 Å². The van der Waals surface area contributed by atoms with Gasteiger partial charge in [0, 0.05) is 26.1 Å². The fourth-order valence-electron chi connectivity index (χ4n) is 2.72. The van der Waals surface area contributed by atoms with Crippen LogP contribution in [0.5, 0.6) is 11.5 Å². The largest absolute Gasteiger partial charge is 0.490 e. The van der Waals surface area contributed by atoms with Gasteiger partial charge in [-0.1, -0.05) is 6.07 Å². The van der Waals surface area contributed by atoms with Crippen LogP contribution in [0, 0.1) is 0 Å². The molecule has 8 nitrogen and oxygen atoms in total. The summed E-state index contributed by atoms with van der Waals surface area (Å²) < 4.78 is 18.2. The number of hydrogen-bond donors (Lipinski definition) is 1. The first-order valence-electron chi connectivity index (χ1n) is 8.14. The van der Waals surface area contributed by atoms with E-state index >= 15 is 0 Å². The third-order valence-corrected chi connectivity index (χ3v) is 3.88. The maximum absolute atomic E-state index is 5.74. The van der Waals surface area contributed by atoms with Crippen molar-refractivity contribution in [2.24, 2.45) is 0 Å². The van der Waals surface area contributed by atoms with E-state index in [0.717, 1.165) is 35.0 Å². The maximum atomic E-state index is 5.74. The third kappa shape index (κ3) is 3.34. The summed E-state index contributed by atoms with van der Waals surface area (Å²) in [7, 11) is 1.64. The lowest BCUT2D eigenvalue weighted by Crippen LogP contribution is -2.08. The molecule has 0 fully saturated rings. The second-order valence-corrected chi connectivity index (χ2v) is 5.72. The summed E-state index contributed by atoms with van der Waals surface area (Å²) >= 11 is 0. The number of hydrogen-bond acceptors (Lipinski definition) is 7. The lowest BCUT2D eigenvalue weighted by atomic mass is 10.2. The highest BCUT2D eigenvalue weighted by Crippen LogP contribution is 2.30. The van der Waals surface area contributed by atoms with E-state index in [1.54, 1.807) is 11.6 Å². The predicted molar refractivity (Wildman–Crippen MR) is 90.9 cm³/mol. The van der Waals surface area contributed by atoms with Crippen molar-refractivity contribution in [1.29, 1.82) is 0 Å². The minimum Gasteiger partial charge on any atom is -0.490 e. The summed E-state index contributed by atoms with van der Waals surface area (Å²) in [5, 5.41) is 7.59. The second kappa shape index (κ2) is 6.94. The van der Waals surface area contributed by atoms with Crippen molar-refractivity contribution in [2.75, 3.05) is 25.6 Å². The molecule has 0 amide bonds. The maximum Gasteiger partial charge on any atom is 0.254 e. The minimum atomic E-state index is 0.419. The van der Waals surface area contributed by atoms with Gasteiger partial charge in [-0.3, -0.25) is 0 Å². The van der Waals surface area contributed by atoms with E-state index in [0.29, 0.717) is 32.1 Å². The van der Waals surface area contributed by atoms with Crippen molar-refractivity contribution in [3.8, 4) is 11.5 Å². The number of benzene rings is 1. The number of aromatic nitrogens is 4.